The second kappa shape index (κ2) is 7.70. The summed E-state index contributed by atoms with van der Waals surface area (Å²) >= 11 is 0. The minimum absolute atomic E-state index is 0.336. The Bertz CT molecular complexity index is 759. The number of hydrogen-bond acceptors (Lipinski definition) is 4. The molecule has 0 radical (unpaired) electrons. The number of amides is 1. The third kappa shape index (κ3) is 4.29. The first-order valence-corrected chi connectivity index (χ1v) is 8.07. The Hall–Kier alpha value is -3.02. The number of ether oxygens (including phenoxy) is 2. The number of carbonyl (C=O) groups is 1. The van der Waals surface area contributed by atoms with Crippen LogP contribution in [0.2, 0.25) is 0 Å². The minimum Gasteiger partial charge on any atom is -0.488 e. The molecule has 6 heteroatoms. The van der Waals surface area contributed by atoms with Crippen LogP contribution in [0.25, 0.3) is 0 Å². The fourth-order valence-electron chi connectivity index (χ4n) is 2.68. The van der Waals surface area contributed by atoms with Gasteiger partial charge < -0.3 is 19.5 Å². The molecule has 1 N–H and O–H groups in total. The van der Waals surface area contributed by atoms with Crippen molar-refractivity contribution in [3.05, 3.63) is 66.0 Å². The van der Waals surface area contributed by atoms with E-state index in [-0.39, 0.29) is 0 Å². The zero-order valence-electron chi connectivity index (χ0n) is 13.9. The number of nitrogens with zero attached hydrogens (tertiary/aromatic N) is 2. The molecule has 1 aromatic heterocycles. The SMILES string of the molecule is C=CCOc1ccc(COc2ccc3c(c2)CN(C(=O)O)CC3)nc1. The van der Waals surface area contributed by atoms with E-state index in [1.165, 1.54) is 10.5 Å². The van der Waals surface area contributed by atoms with E-state index >= 15 is 0 Å². The maximum Gasteiger partial charge on any atom is 0.407 e. The molecule has 0 saturated carbocycles. The predicted molar refractivity (Wildman–Crippen MR) is 92.8 cm³/mol. The van der Waals surface area contributed by atoms with Gasteiger partial charge in [0.05, 0.1) is 11.9 Å². The lowest BCUT2D eigenvalue weighted by atomic mass is 10.00. The zero-order valence-corrected chi connectivity index (χ0v) is 13.9. The van der Waals surface area contributed by atoms with Gasteiger partial charge in [-0.25, -0.2) is 4.79 Å². The lowest BCUT2D eigenvalue weighted by molar-refractivity contribution is 0.140. The molecule has 0 atom stereocenters. The zero-order chi connectivity index (χ0) is 17.6. The van der Waals surface area contributed by atoms with E-state index in [0.29, 0.717) is 37.8 Å². The molecule has 25 heavy (non-hydrogen) atoms. The van der Waals surface area contributed by atoms with Crippen molar-refractivity contribution in [3.63, 3.8) is 0 Å². The third-order valence-corrected chi connectivity index (χ3v) is 4.01. The van der Waals surface area contributed by atoms with Crippen LogP contribution < -0.4 is 9.47 Å². The van der Waals surface area contributed by atoms with Gasteiger partial charge in [0, 0.05) is 13.1 Å². The Morgan fingerprint density at radius 2 is 2.08 bits per heavy atom. The fourth-order valence-corrected chi connectivity index (χ4v) is 2.68. The standard InChI is InChI=1S/C19H20N2O4/c1-2-9-24-18-6-4-16(20-11-18)13-25-17-5-3-14-7-8-21(19(22)23)12-15(14)10-17/h2-6,10-11H,1,7-9,12-13H2,(H,22,23). The topological polar surface area (TPSA) is 71.9 Å². The monoisotopic (exact) mass is 340 g/mol. The highest BCUT2D eigenvalue weighted by Gasteiger charge is 2.20. The molecular weight excluding hydrogens is 320 g/mol. The van der Waals surface area contributed by atoms with Gasteiger partial charge in [-0.1, -0.05) is 18.7 Å². The van der Waals surface area contributed by atoms with Crippen LogP contribution in [0.1, 0.15) is 16.8 Å². The van der Waals surface area contributed by atoms with Crippen LogP contribution in [0, 0.1) is 0 Å². The molecule has 2 aromatic rings. The maximum absolute atomic E-state index is 11.1. The van der Waals surface area contributed by atoms with E-state index in [0.717, 1.165) is 17.7 Å². The average Bonchev–Trinajstić information content (AvgIpc) is 2.64. The molecule has 0 bridgehead atoms. The van der Waals surface area contributed by atoms with Crippen LogP contribution in [-0.2, 0) is 19.6 Å². The van der Waals surface area contributed by atoms with Gasteiger partial charge in [0.2, 0.25) is 0 Å². The minimum atomic E-state index is -0.889. The molecule has 1 aliphatic rings. The number of benzene rings is 1. The average molecular weight is 340 g/mol. The second-order valence-corrected chi connectivity index (χ2v) is 5.76. The van der Waals surface area contributed by atoms with Gasteiger partial charge >= 0.3 is 6.09 Å². The number of carboxylic acid groups (broad SMARTS) is 1. The molecule has 1 aliphatic heterocycles. The number of fused-ring (bicyclic) bond motifs is 1. The summed E-state index contributed by atoms with van der Waals surface area (Å²) in [5.74, 6) is 1.39. The van der Waals surface area contributed by atoms with Gasteiger partial charge in [0.1, 0.15) is 24.7 Å². The Balaban J connectivity index is 1.61. The highest BCUT2D eigenvalue weighted by atomic mass is 16.5. The van der Waals surface area contributed by atoms with Gasteiger partial charge in [0.15, 0.2) is 0 Å². The second-order valence-electron chi connectivity index (χ2n) is 5.76. The van der Waals surface area contributed by atoms with Crippen molar-refractivity contribution in [1.82, 2.24) is 9.88 Å². The molecule has 2 heterocycles. The Kier molecular flexibility index (Phi) is 5.18. The molecule has 0 fully saturated rings. The number of rotatable bonds is 6. The van der Waals surface area contributed by atoms with Crippen molar-refractivity contribution in [1.29, 1.82) is 0 Å². The summed E-state index contributed by atoms with van der Waals surface area (Å²) in [5.41, 5.74) is 2.95. The van der Waals surface area contributed by atoms with Crippen LogP contribution in [0.3, 0.4) is 0 Å². The largest absolute Gasteiger partial charge is 0.488 e. The van der Waals surface area contributed by atoms with Crippen molar-refractivity contribution >= 4 is 6.09 Å². The van der Waals surface area contributed by atoms with Gasteiger partial charge in [0.25, 0.3) is 0 Å². The molecular formula is C19H20N2O4. The van der Waals surface area contributed by atoms with Crippen molar-refractivity contribution in [2.45, 2.75) is 19.6 Å². The molecule has 1 amide bonds. The number of hydrogen-bond donors (Lipinski definition) is 1. The lowest BCUT2D eigenvalue weighted by Gasteiger charge is -2.26. The Morgan fingerprint density at radius 3 is 2.80 bits per heavy atom. The van der Waals surface area contributed by atoms with Crippen molar-refractivity contribution in [2.24, 2.45) is 0 Å². The van der Waals surface area contributed by atoms with Gasteiger partial charge in [-0.15, -0.1) is 0 Å². The molecule has 0 saturated heterocycles. The first-order valence-electron chi connectivity index (χ1n) is 8.07. The summed E-state index contributed by atoms with van der Waals surface area (Å²) in [6.45, 7) is 5.31. The quantitative estimate of drug-likeness (QED) is 0.817. The van der Waals surface area contributed by atoms with Crippen LogP contribution in [0.4, 0.5) is 4.79 Å². The molecule has 1 aromatic carbocycles. The maximum atomic E-state index is 11.1. The lowest BCUT2D eigenvalue weighted by Crippen LogP contribution is -2.34. The first kappa shape index (κ1) is 16.8. The Labute approximate surface area is 146 Å². The van der Waals surface area contributed by atoms with Gasteiger partial charge in [-0.2, -0.15) is 0 Å². The van der Waals surface area contributed by atoms with Crippen LogP contribution in [0.5, 0.6) is 11.5 Å². The van der Waals surface area contributed by atoms with Crippen LogP contribution >= 0.6 is 0 Å². The van der Waals surface area contributed by atoms with Gasteiger partial charge in [-0.05, 0) is 41.8 Å². The summed E-state index contributed by atoms with van der Waals surface area (Å²) < 4.78 is 11.2. The molecule has 0 unspecified atom stereocenters. The normalized spacial score (nSPS) is 13.0. The van der Waals surface area contributed by atoms with Crippen molar-refractivity contribution in [2.75, 3.05) is 13.2 Å². The van der Waals surface area contributed by atoms with Crippen LogP contribution in [0.15, 0.2) is 49.2 Å². The van der Waals surface area contributed by atoms with E-state index < -0.39 is 6.09 Å². The summed E-state index contributed by atoms with van der Waals surface area (Å²) in [6, 6.07) is 9.52. The molecule has 6 nitrogen and oxygen atoms in total. The first-order chi connectivity index (χ1) is 12.2. The van der Waals surface area contributed by atoms with Crippen molar-refractivity contribution in [3.8, 4) is 11.5 Å². The van der Waals surface area contributed by atoms with E-state index in [2.05, 4.69) is 11.6 Å². The third-order valence-electron chi connectivity index (χ3n) is 4.01. The van der Waals surface area contributed by atoms with E-state index in [4.69, 9.17) is 14.6 Å². The molecule has 0 spiro atoms. The van der Waals surface area contributed by atoms with Crippen molar-refractivity contribution < 1.29 is 19.4 Å². The smallest absolute Gasteiger partial charge is 0.407 e. The summed E-state index contributed by atoms with van der Waals surface area (Å²) in [4.78, 5) is 16.8. The fraction of sp³-hybridized carbons (Fsp3) is 0.263. The molecule has 130 valence electrons. The highest BCUT2D eigenvalue weighted by Crippen LogP contribution is 2.24. The highest BCUT2D eigenvalue weighted by molar-refractivity contribution is 5.65. The molecule has 0 aliphatic carbocycles. The Morgan fingerprint density at radius 1 is 1.24 bits per heavy atom. The summed E-state index contributed by atoms with van der Waals surface area (Å²) in [7, 11) is 0. The number of pyridine rings is 1. The summed E-state index contributed by atoms with van der Waals surface area (Å²) in [6.07, 6.45) is 3.17. The van der Waals surface area contributed by atoms with E-state index in [9.17, 15) is 4.79 Å². The van der Waals surface area contributed by atoms with Crippen LogP contribution in [-0.4, -0.2) is 34.2 Å². The summed E-state index contributed by atoms with van der Waals surface area (Å²) in [5, 5.41) is 9.13. The van der Waals surface area contributed by atoms with E-state index in [1.54, 1.807) is 12.3 Å². The van der Waals surface area contributed by atoms with E-state index in [1.807, 2.05) is 30.3 Å². The predicted octanol–water partition coefficient (Wildman–Crippen LogP) is 3.26. The van der Waals surface area contributed by atoms with Gasteiger partial charge in [-0.3, -0.25) is 4.98 Å². The number of aromatic nitrogens is 1. The molecule has 3 rings (SSSR count).